The number of aliphatic hydroxyl groups excluding tert-OH is 1. The Morgan fingerprint density at radius 2 is 1.00 bits per heavy atom. The lowest BCUT2D eigenvalue weighted by Gasteiger charge is -2.06. The first-order valence-corrected chi connectivity index (χ1v) is 10.4. The first kappa shape index (κ1) is 22.9. The zero-order valence-electron chi connectivity index (χ0n) is 15.9. The maximum atomic E-state index is 8.95. The van der Waals surface area contributed by atoms with Crippen LogP contribution in [0.2, 0.25) is 0 Å². The first-order valence-electron chi connectivity index (χ1n) is 10.4. The molecule has 139 valence electrons. The number of unbranched alkanes of at least 4 members (excludes halogenated alkanes) is 15. The SMILES string of the molecule is [CH2]C(O)COCCCCCCCCCCCCCCCCCC. The Morgan fingerprint density at radius 1 is 0.652 bits per heavy atom. The van der Waals surface area contributed by atoms with Crippen molar-refractivity contribution >= 4 is 0 Å². The highest BCUT2D eigenvalue weighted by Crippen LogP contribution is 2.13. The van der Waals surface area contributed by atoms with Crippen molar-refractivity contribution in [2.45, 2.75) is 116 Å². The maximum absolute atomic E-state index is 8.95. The summed E-state index contributed by atoms with van der Waals surface area (Å²) in [5, 5.41) is 8.95. The quantitative estimate of drug-likeness (QED) is 0.276. The molecule has 1 N–H and O–H groups in total. The highest BCUT2D eigenvalue weighted by atomic mass is 16.5. The van der Waals surface area contributed by atoms with E-state index in [1.165, 1.54) is 96.3 Å². The van der Waals surface area contributed by atoms with Crippen LogP contribution in [-0.2, 0) is 4.74 Å². The standard InChI is InChI=1S/C21H43O2/c1-3-4-5-6-7-8-9-10-11-12-13-14-15-16-17-18-19-23-20-21(2)22/h21-22H,2-20H2,1H3. The third-order valence-corrected chi connectivity index (χ3v) is 4.45. The minimum atomic E-state index is -0.573. The van der Waals surface area contributed by atoms with Gasteiger partial charge in [-0.15, -0.1) is 0 Å². The Bertz CT molecular complexity index is 204. The number of aliphatic hydroxyl groups is 1. The van der Waals surface area contributed by atoms with Crippen molar-refractivity contribution in [2.75, 3.05) is 13.2 Å². The average Bonchev–Trinajstić information content (AvgIpc) is 2.53. The third-order valence-electron chi connectivity index (χ3n) is 4.45. The summed E-state index contributed by atoms with van der Waals surface area (Å²) in [6.07, 6.45) is 21.7. The van der Waals surface area contributed by atoms with E-state index < -0.39 is 6.10 Å². The molecule has 1 atom stereocenters. The van der Waals surface area contributed by atoms with Crippen molar-refractivity contribution < 1.29 is 9.84 Å². The van der Waals surface area contributed by atoms with Crippen molar-refractivity contribution in [2.24, 2.45) is 0 Å². The van der Waals surface area contributed by atoms with Crippen LogP contribution in [0.1, 0.15) is 110 Å². The summed E-state index contributed by atoms with van der Waals surface area (Å²) < 4.78 is 5.30. The lowest BCUT2D eigenvalue weighted by Crippen LogP contribution is -2.11. The maximum Gasteiger partial charge on any atom is 0.0774 e. The molecule has 2 nitrogen and oxygen atoms in total. The summed E-state index contributed by atoms with van der Waals surface area (Å²) in [6, 6.07) is 0. The highest BCUT2D eigenvalue weighted by Gasteiger charge is 1.96. The molecule has 0 aromatic carbocycles. The largest absolute Gasteiger partial charge is 0.391 e. The van der Waals surface area contributed by atoms with Crippen LogP contribution in [0.5, 0.6) is 0 Å². The average molecular weight is 328 g/mol. The summed E-state index contributed by atoms with van der Waals surface area (Å²) >= 11 is 0. The van der Waals surface area contributed by atoms with Crippen molar-refractivity contribution in [1.82, 2.24) is 0 Å². The molecule has 0 aromatic rings. The van der Waals surface area contributed by atoms with Gasteiger partial charge in [0.15, 0.2) is 0 Å². The van der Waals surface area contributed by atoms with Gasteiger partial charge in [-0.05, 0) is 13.3 Å². The number of hydrogen-bond donors (Lipinski definition) is 1. The topological polar surface area (TPSA) is 29.5 Å². The fourth-order valence-electron chi connectivity index (χ4n) is 2.97. The van der Waals surface area contributed by atoms with E-state index in [1.807, 2.05) is 0 Å². The Hall–Kier alpha value is -0.0800. The summed E-state index contributed by atoms with van der Waals surface area (Å²) in [5.41, 5.74) is 0. The van der Waals surface area contributed by atoms with Crippen LogP contribution in [0.15, 0.2) is 0 Å². The molecule has 0 amide bonds. The Balaban J connectivity index is 2.95. The van der Waals surface area contributed by atoms with Gasteiger partial charge in [-0.3, -0.25) is 0 Å². The van der Waals surface area contributed by atoms with Gasteiger partial charge in [-0.25, -0.2) is 0 Å². The van der Waals surface area contributed by atoms with Gasteiger partial charge >= 0.3 is 0 Å². The second-order valence-electron chi connectivity index (χ2n) is 7.03. The van der Waals surface area contributed by atoms with E-state index in [2.05, 4.69) is 13.8 Å². The van der Waals surface area contributed by atoms with Gasteiger partial charge < -0.3 is 9.84 Å². The van der Waals surface area contributed by atoms with E-state index in [0.29, 0.717) is 6.61 Å². The van der Waals surface area contributed by atoms with Gasteiger partial charge in [0.05, 0.1) is 12.7 Å². The fraction of sp³-hybridized carbons (Fsp3) is 0.952. The van der Waals surface area contributed by atoms with Gasteiger partial charge in [-0.1, -0.05) is 103 Å². The smallest absolute Gasteiger partial charge is 0.0774 e. The summed E-state index contributed by atoms with van der Waals surface area (Å²) in [6.45, 7) is 6.91. The van der Waals surface area contributed by atoms with Gasteiger partial charge in [0.25, 0.3) is 0 Å². The summed E-state index contributed by atoms with van der Waals surface area (Å²) in [5.74, 6) is 0. The molecule has 0 aromatic heterocycles. The van der Waals surface area contributed by atoms with Gasteiger partial charge in [-0.2, -0.15) is 0 Å². The molecule has 23 heavy (non-hydrogen) atoms. The minimum absolute atomic E-state index is 0.374. The van der Waals surface area contributed by atoms with E-state index in [0.717, 1.165) is 13.0 Å². The van der Waals surface area contributed by atoms with Crippen LogP contribution in [0, 0.1) is 6.92 Å². The number of ether oxygens (including phenoxy) is 1. The zero-order chi connectivity index (χ0) is 17.0. The molecular formula is C21H43O2. The predicted octanol–water partition coefficient (Wildman–Crippen LogP) is 6.46. The minimum Gasteiger partial charge on any atom is -0.391 e. The fourth-order valence-corrected chi connectivity index (χ4v) is 2.97. The highest BCUT2D eigenvalue weighted by molar-refractivity contribution is 4.53. The molecule has 0 saturated heterocycles. The molecule has 0 bridgehead atoms. The molecule has 2 heteroatoms. The van der Waals surface area contributed by atoms with Crippen molar-refractivity contribution in [3.05, 3.63) is 6.92 Å². The van der Waals surface area contributed by atoms with Crippen LogP contribution in [0.25, 0.3) is 0 Å². The summed E-state index contributed by atoms with van der Waals surface area (Å²) in [4.78, 5) is 0. The lowest BCUT2D eigenvalue weighted by molar-refractivity contribution is 0.0564. The summed E-state index contributed by atoms with van der Waals surface area (Å²) in [7, 11) is 0. The lowest BCUT2D eigenvalue weighted by atomic mass is 10.0. The predicted molar refractivity (Wildman–Crippen MR) is 102 cm³/mol. The number of rotatable bonds is 19. The van der Waals surface area contributed by atoms with Gasteiger partial charge in [0.2, 0.25) is 0 Å². The molecular weight excluding hydrogens is 284 g/mol. The molecule has 0 heterocycles. The molecule has 1 unspecified atom stereocenters. The van der Waals surface area contributed by atoms with E-state index in [4.69, 9.17) is 9.84 Å². The molecule has 0 saturated carbocycles. The van der Waals surface area contributed by atoms with Crippen LogP contribution in [0.4, 0.5) is 0 Å². The molecule has 0 aliphatic heterocycles. The molecule has 1 radical (unpaired) electrons. The molecule has 0 aliphatic carbocycles. The van der Waals surface area contributed by atoms with Gasteiger partial charge in [0, 0.05) is 6.61 Å². The zero-order valence-corrected chi connectivity index (χ0v) is 15.9. The Labute approximate surface area is 146 Å². The van der Waals surface area contributed by atoms with Crippen LogP contribution in [-0.4, -0.2) is 24.4 Å². The monoisotopic (exact) mass is 327 g/mol. The molecule has 0 spiro atoms. The molecule has 0 fully saturated rings. The second kappa shape index (κ2) is 20.0. The van der Waals surface area contributed by atoms with E-state index in [9.17, 15) is 0 Å². The Kier molecular flexibility index (Phi) is 19.9. The Morgan fingerprint density at radius 3 is 1.35 bits per heavy atom. The van der Waals surface area contributed by atoms with Crippen molar-refractivity contribution in [3.8, 4) is 0 Å². The van der Waals surface area contributed by atoms with E-state index in [-0.39, 0.29) is 0 Å². The van der Waals surface area contributed by atoms with Crippen LogP contribution < -0.4 is 0 Å². The van der Waals surface area contributed by atoms with Crippen molar-refractivity contribution in [1.29, 1.82) is 0 Å². The van der Waals surface area contributed by atoms with Crippen molar-refractivity contribution in [3.63, 3.8) is 0 Å². The molecule has 0 rings (SSSR count). The van der Waals surface area contributed by atoms with E-state index >= 15 is 0 Å². The normalized spacial score (nSPS) is 12.7. The van der Waals surface area contributed by atoms with Crippen LogP contribution in [0.3, 0.4) is 0 Å². The van der Waals surface area contributed by atoms with E-state index in [1.54, 1.807) is 0 Å². The third kappa shape index (κ3) is 21.9. The number of hydrogen-bond acceptors (Lipinski definition) is 2. The molecule has 0 aliphatic rings. The van der Waals surface area contributed by atoms with Crippen LogP contribution >= 0.6 is 0 Å². The second-order valence-corrected chi connectivity index (χ2v) is 7.03. The first-order chi connectivity index (χ1) is 11.3. The van der Waals surface area contributed by atoms with Gasteiger partial charge in [0.1, 0.15) is 0 Å².